The molecule has 0 aromatic rings. The van der Waals surface area contributed by atoms with E-state index in [9.17, 15) is 9.59 Å². The first kappa shape index (κ1) is 8.04. The molecule has 0 heterocycles. The van der Waals surface area contributed by atoms with Gasteiger partial charge in [0.15, 0.2) is 0 Å². The molecule has 0 aromatic carbocycles. The van der Waals surface area contributed by atoms with Gasteiger partial charge in [0.1, 0.15) is 6.42 Å². The second-order valence-electron chi connectivity index (χ2n) is 2.69. The van der Waals surface area contributed by atoms with Crippen molar-refractivity contribution in [2.75, 3.05) is 7.05 Å². The largest absolute Gasteiger partial charge is 0.359 e. The van der Waals surface area contributed by atoms with E-state index < -0.39 is 0 Å². The summed E-state index contributed by atoms with van der Waals surface area (Å²) in [5, 5.41) is 5.11. The fraction of sp³-hybridized carbons (Fsp3) is 0.714. The zero-order valence-corrected chi connectivity index (χ0v) is 6.52. The van der Waals surface area contributed by atoms with Crippen molar-refractivity contribution in [3.63, 3.8) is 0 Å². The minimum atomic E-state index is -0.233. The average molecular weight is 156 g/mol. The molecule has 0 radical (unpaired) electrons. The van der Waals surface area contributed by atoms with E-state index in [0.717, 1.165) is 12.8 Å². The Morgan fingerprint density at radius 3 is 2.45 bits per heavy atom. The molecule has 4 heteroatoms. The Bertz CT molecular complexity index is 175. The Kier molecular flexibility index (Phi) is 2.46. The molecule has 2 amide bonds. The van der Waals surface area contributed by atoms with Crippen LogP contribution in [0.25, 0.3) is 0 Å². The summed E-state index contributed by atoms with van der Waals surface area (Å²) >= 11 is 0. The lowest BCUT2D eigenvalue weighted by Crippen LogP contribution is -2.31. The van der Waals surface area contributed by atoms with Gasteiger partial charge in [0.25, 0.3) is 0 Å². The van der Waals surface area contributed by atoms with Crippen LogP contribution in [0.2, 0.25) is 0 Å². The van der Waals surface area contributed by atoms with Crippen LogP contribution < -0.4 is 10.6 Å². The van der Waals surface area contributed by atoms with E-state index in [1.54, 1.807) is 0 Å². The molecular formula is C7H12N2O2. The number of rotatable bonds is 3. The summed E-state index contributed by atoms with van der Waals surface area (Å²) < 4.78 is 0. The van der Waals surface area contributed by atoms with Crippen molar-refractivity contribution in [2.45, 2.75) is 25.3 Å². The summed E-state index contributed by atoms with van der Waals surface area (Å²) in [6.07, 6.45) is 2.06. The minimum absolute atomic E-state index is 0.0486. The van der Waals surface area contributed by atoms with Gasteiger partial charge in [0.2, 0.25) is 11.8 Å². The Balaban J connectivity index is 2.13. The molecule has 1 aliphatic rings. The molecule has 11 heavy (non-hydrogen) atoms. The third-order valence-electron chi connectivity index (χ3n) is 1.54. The first-order valence-electron chi connectivity index (χ1n) is 3.72. The van der Waals surface area contributed by atoms with Crippen molar-refractivity contribution < 1.29 is 9.59 Å². The van der Waals surface area contributed by atoms with Gasteiger partial charge in [-0.1, -0.05) is 0 Å². The molecule has 0 spiro atoms. The molecule has 1 aliphatic carbocycles. The van der Waals surface area contributed by atoms with Crippen molar-refractivity contribution in [2.24, 2.45) is 0 Å². The second kappa shape index (κ2) is 3.37. The van der Waals surface area contributed by atoms with Crippen LogP contribution in [0.15, 0.2) is 0 Å². The topological polar surface area (TPSA) is 58.2 Å². The van der Waals surface area contributed by atoms with Gasteiger partial charge >= 0.3 is 0 Å². The standard InChI is InChI=1S/C7H12N2O2/c1-8-6(10)4-7(11)9-5-2-3-5/h5H,2-4H2,1H3,(H,8,10)(H,9,11). The van der Waals surface area contributed by atoms with Gasteiger partial charge in [-0.2, -0.15) is 0 Å². The molecule has 0 unspecified atom stereocenters. The van der Waals surface area contributed by atoms with Gasteiger partial charge in [0, 0.05) is 13.1 Å². The van der Waals surface area contributed by atoms with Crippen LogP contribution in [-0.4, -0.2) is 24.9 Å². The van der Waals surface area contributed by atoms with Crippen molar-refractivity contribution in [3.8, 4) is 0 Å². The van der Waals surface area contributed by atoms with Gasteiger partial charge in [0.05, 0.1) is 0 Å². The van der Waals surface area contributed by atoms with Gasteiger partial charge < -0.3 is 10.6 Å². The van der Waals surface area contributed by atoms with Gasteiger partial charge in [-0.15, -0.1) is 0 Å². The lowest BCUT2D eigenvalue weighted by molar-refractivity contribution is -0.129. The molecular weight excluding hydrogens is 144 g/mol. The van der Waals surface area contributed by atoms with E-state index in [-0.39, 0.29) is 18.2 Å². The maximum absolute atomic E-state index is 10.9. The van der Waals surface area contributed by atoms with Crippen molar-refractivity contribution in [1.29, 1.82) is 0 Å². The highest BCUT2D eigenvalue weighted by Gasteiger charge is 2.23. The molecule has 2 N–H and O–H groups in total. The van der Waals surface area contributed by atoms with E-state index in [1.165, 1.54) is 7.05 Å². The maximum Gasteiger partial charge on any atom is 0.229 e. The molecule has 0 aliphatic heterocycles. The van der Waals surface area contributed by atoms with Crippen LogP contribution in [0.5, 0.6) is 0 Å². The number of carbonyl (C=O) groups excluding carboxylic acids is 2. The van der Waals surface area contributed by atoms with Crippen LogP contribution in [0.4, 0.5) is 0 Å². The highest BCUT2D eigenvalue weighted by molar-refractivity contribution is 5.96. The van der Waals surface area contributed by atoms with Crippen LogP contribution in [0, 0.1) is 0 Å². The molecule has 0 atom stereocenters. The van der Waals surface area contributed by atoms with Crippen LogP contribution in [0.3, 0.4) is 0 Å². The first-order chi connectivity index (χ1) is 5.22. The summed E-state index contributed by atoms with van der Waals surface area (Å²) in [5.41, 5.74) is 0. The molecule has 0 saturated heterocycles. The summed E-state index contributed by atoms with van der Waals surface area (Å²) in [4.78, 5) is 21.5. The number of nitrogens with one attached hydrogen (secondary N) is 2. The molecule has 0 bridgehead atoms. The van der Waals surface area contributed by atoms with Crippen LogP contribution in [-0.2, 0) is 9.59 Å². The summed E-state index contributed by atoms with van der Waals surface area (Å²) in [6, 6.07) is 0.340. The fourth-order valence-electron chi connectivity index (χ4n) is 0.741. The van der Waals surface area contributed by atoms with Gasteiger partial charge in [-0.3, -0.25) is 9.59 Å². The fourth-order valence-corrected chi connectivity index (χ4v) is 0.741. The molecule has 1 rings (SSSR count). The monoisotopic (exact) mass is 156 g/mol. The number of amides is 2. The number of carbonyl (C=O) groups is 2. The van der Waals surface area contributed by atoms with E-state index in [1.807, 2.05) is 0 Å². The molecule has 62 valence electrons. The third kappa shape index (κ3) is 3.02. The molecule has 0 aromatic heterocycles. The minimum Gasteiger partial charge on any atom is -0.359 e. The van der Waals surface area contributed by atoms with Gasteiger partial charge in [-0.25, -0.2) is 0 Å². The highest BCUT2D eigenvalue weighted by Crippen LogP contribution is 2.18. The summed E-state index contributed by atoms with van der Waals surface area (Å²) in [6.45, 7) is 0. The Morgan fingerprint density at radius 1 is 1.36 bits per heavy atom. The lowest BCUT2D eigenvalue weighted by Gasteiger charge is -2.00. The Labute approximate surface area is 65.3 Å². The van der Waals surface area contributed by atoms with Crippen LogP contribution in [0.1, 0.15) is 19.3 Å². The predicted molar refractivity (Wildman–Crippen MR) is 39.8 cm³/mol. The second-order valence-corrected chi connectivity index (χ2v) is 2.69. The van der Waals surface area contributed by atoms with E-state index in [0.29, 0.717) is 6.04 Å². The van der Waals surface area contributed by atoms with Crippen LogP contribution >= 0.6 is 0 Å². The van der Waals surface area contributed by atoms with E-state index >= 15 is 0 Å². The van der Waals surface area contributed by atoms with E-state index in [4.69, 9.17) is 0 Å². The lowest BCUT2D eigenvalue weighted by atomic mass is 10.4. The maximum atomic E-state index is 10.9. The number of hydrogen-bond donors (Lipinski definition) is 2. The third-order valence-corrected chi connectivity index (χ3v) is 1.54. The Morgan fingerprint density at radius 2 is 2.00 bits per heavy atom. The highest BCUT2D eigenvalue weighted by atomic mass is 16.2. The summed E-state index contributed by atoms with van der Waals surface area (Å²) in [7, 11) is 1.52. The van der Waals surface area contributed by atoms with Crippen molar-refractivity contribution in [1.82, 2.24) is 10.6 Å². The zero-order valence-electron chi connectivity index (χ0n) is 6.52. The quantitative estimate of drug-likeness (QED) is 0.536. The smallest absolute Gasteiger partial charge is 0.229 e. The van der Waals surface area contributed by atoms with Gasteiger partial charge in [-0.05, 0) is 12.8 Å². The summed E-state index contributed by atoms with van der Waals surface area (Å²) in [5.74, 6) is -0.407. The number of hydrogen-bond acceptors (Lipinski definition) is 2. The van der Waals surface area contributed by atoms with E-state index in [2.05, 4.69) is 10.6 Å². The predicted octanol–water partition coefficient (Wildman–Crippen LogP) is -0.599. The average Bonchev–Trinajstić information content (AvgIpc) is 2.71. The van der Waals surface area contributed by atoms with Crippen molar-refractivity contribution in [3.05, 3.63) is 0 Å². The first-order valence-corrected chi connectivity index (χ1v) is 3.72. The zero-order chi connectivity index (χ0) is 8.27. The molecule has 1 saturated carbocycles. The van der Waals surface area contributed by atoms with Crippen molar-refractivity contribution >= 4 is 11.8 Å². The normalized spacial score (nSPS) is 15.7. The Hall–Kier alpha value is -1.06. The molecule has 1 fully saturated rings. The SMILES string of the molecule is CNC(=O)CC(=O)NC1CC1. The molecule has 4 nitrogen and oxygen atoms in total.